The van der Waals surface area contributed by atoms with Gasteiger partial charge < -0.3 is 15.3 Å². The number of carbonyl (C=O) groups excluding carboxylic acids is 2. The van der Waals surface area contributed by atoms with E-state index in [1.807, 2.05) is 0 Å². The van der Waals surface area contributed by atoms with Crippen molar-refractivity contribution in [1.82, 2.24) is 10.2 Å². The third-order valence-corrected chi connectivity index (χ3v) is 5.11. The SMILES string of the molecule is O=C(NCCC(=O)N1C[C@H](O)C[C@H]1c1ccc(F)cc1)c1ccc(Br)cc1. The summed E-state index contributed by atoms with van der Waals surface area (Å²) in [6.07, 6.45) is -0.0590. The van der Waals surface area contributed by atoms with E-state index in [2.05, 4.69) is 21.2 Å². The summed E-state index contributed by atoms with van der Waals surface area (Å²) in [5.74, 6) is -0.741. The third kappa shape index (κ3) is 4.93. The largest absolute Gasteiger partial charge is 0.391 e. The summed E-state index contributed by atoms with van der Waals surface area (Å²) in [7, 11) is 0. The molecule has 3 rings (SSSR count). The van der Waals surface area contributed by atoms with Gasteiger partial charge in [-0.05, 0) is 48.4 Å². The predicted molar refractivity (Wildman–Crippen MR) is 103 cm³/mol. The summed E-state index contributed by atoms with van der Waals surface area (Å²) in [5.41, 5.74) is 1.31. The van der Waals surface area contributed by atoms with Gasteiger partial charge in [-0.3, -0.25) is 9.59 Å². The Morgan fingerprint density at radius 1 is 1.15 bits per heavy atom. The van der Waals surface area contributed by atoms with Crippen molar-refractivity contribution in [2.75, 3.05) is 13.1 Å². The molecule has 0 aromatic heterocycles. The fraction of sp³-hybridized carbons (Fsp3) is 0.300. The topological polar surface area (TPSA) is 69.6 Å². The lowest BCUT2D eigenvalue weighted by atomic mass is 10.0. The van der Waals surface area contributed by atoms with Gasteiger partial charge in [-0.25, -0.2) is 4.39 Å². The van der Waals surface area contributed by atoms with Crippen molar-refractivity contribution in [3.8, 4) is 0 Å². The highest BCUT2D eigenvalue weighted by molar-refractivity contribution is 9.10. The number of halogens is 2. The number of hydrogen-bond acceptors (Lipinski definition) is 3. The average molecular weight is 435 g/mol. The molecule has 0 unspecified atom stereocenters. The van der Waals surface area contributed by atoms with Crippen LogP contribution in [0.5, 0.6) is 0 Å². The molecular formula is C20H20BrFN2O3. The predicted octanol–water partition coefficient (Wildman–Crippen LogP) is 3.04. The van der Waals surface area contributed by atoms with Crippen LogP contribution >= 0.6 is 15.9 Å². The molecule has 2 aromatic rings. The number of nitrogens with one attached hydrogen (secondary N) is 1. The van der Waals surface area contributed by atoms with Crippen LogP contribution in [0.1, 0.15) is 34.8 Å². The van der Waals surface area contributed by atoms with E-state index in [0.717, 1.165) is 10.0 Å². The monoisotopic (exact) mass is 434 g/mol. The van der Waals surface area contributed by atoms with E-state index in [1.165, 1.54) is 12.1 Å². The van der Waals surface area contributed by atoms with Gasteiger partial charge in [0.15, 0.2) is 0 Å². The molecule has 2 amide bonds. The van der Waals surface area contributed by atoms with Crippen molar-refractivity contribution in [3.05, 3.63) is 69.9 Å². The van der Waals surface area contributed by atoms with Gasteiger partial charge in [-0.15, -0.1) is 0 Å². The Morgan fingerprint density at radius 2 is 1.81 bits per heavy atom. The number of likely N-dealkylation sites (tertiary alicyclic amines) is 1. The maximum Gasteiger partial charge on any atom is 0.251 e. The first-order chi connectivity index (χ1) is 12.9. The molecule has 0 spiro atoms. The zero-order valence-electron chi connectivity index (χ0n) is 14.6. The van der Waals surface area contributed by atoms with Crippen molar-refractivity contribution in [2.45, 2.75) is 25.0 Å². The zero-order valence-corrected chi connectivity index (χ0v) is 16.2. The van der Waals surface area contributed by atoms with Crippen LogP contribution in [0.2, 0.25) is 0 Å². The molecule has 0 aliphatic carbocycles. The number of amides is 2. The van der Waals surface area contributed by atoms with Crippen molar-refractivity contribution in [2.24, 2.45) is 0 Å². The van der Waals surface area contributed by atoms with Gasteiger partial charge in [0, 0.05) is 29.5 Å². The maximum absolute atomic E-state index is 13.1. The molecule has 0 radical (unpaired) electrons. The molecule has 0 bridgehead atoms. The van der Waals surface area contributed by atoms with Crippen molar-refractivity contribution in [3.63, 3.8) is 0 Å². The van der Waals surface area contributed by atoms with Gasteiger partial charge in [0.05, 0.1) is 12.1 Å². The number of hydrogen-bond donors (Lipinski definition) is 2. The molecule has 0 saturated carbocycles. The first-order valence-electron chi connectivity index (χ1n) is 8.71. The van der Waals surface area contributed by atoms with E-state index < -0.39 is 6.10 Å². The number of carbonyl (C=O) groups is 2. The summed E-state index contributed by atoms with van der Waals surface area (Å²) in [6, 6.07) is 12.6. The summed E-state index contributed by atoms with van der Waals surface area (Å²) in [4.78, 5) is 26.3. The van der Waals surface area contributed by atoms with Gasteiger partial charge in [-0.2, -0.15) is 0 Å². The van der Waals surface area contributed by atoms with E-state index in [0.29, 0.717) is 12.0 Å². The van der Waals surface area contributed by atoms with Crippen molar-refractivity contribution >= 4 is 27.7 Å². The molecule has 27 heavy (non-hydrogen) atoms. The molecular weight excluding hydrogens is 415 g/mol. The number of benzene rings is 2. The van der Waals surface area contributed by atoms with Gasteiger partial charge in [0.25, 0.3) is 5.91 Å². The summed E-state index contributed by atoms with van der Waals surface area (Å²) in [6.45, 7) is 0.442. The molecule has 1 aliphatic heterocycles. The van der Waals surface area contributed by atoms with Crippen LogP contribution < -0.4 is 5.32 Å². The van der Waals surface area contributed by atoms with Crippen LogP contribution in [0.3, 0.4) is 0 Å². The molecule has 2 N–H and O–H groups in total. The fourth-order valence-corrected chi connectivity index (χ4v) is 3.48. The number of nitrogens with zero attached hydrogens (tertiary/aromatic N) is 1. The Hall–Kier alpha value is -2.25. The number of aliphatic hydroxyl groups is 1. The summed E-state index contributed by atoms with van der Waals surface area (Å²) < 4.78 is 14.0. The van der Waals surface area contributed by atoms with E-state index in [4.69, 9.17) is 0 Å². The van der Waals surface area contributed by atoms with Crippen LogP contribution in [0, 0.1) is 5.82 Å². The molecule has 1 aliphatic rings. The molecule has 1 saturated heterocycles. The minimum Gasteiger partial charge on any atom is -0.391 e. The van der Waals surface area contributed by atoms with Crippen molar-refractivity contribution in [1.29, 1.82) is 0 Å². The molecule has 2 aromatic carbocycles. The lowest BCUT2D eigenvalue weighted by Crippen LogP contribution is -2.35. The Kier molecular flexibility index (Phi) is 6.23. The Morgan fingerprint density at radius 3 is 2.48 bits per heavy atom. The summed E-state index contributed by atoms with van der Waals surface area (Å²) >= 11 is 3.31. The highest BCUT2D eigenvalue weighted by atomic mass is 79.9. The van der Waals surface area contributed by atoms with E-state index in [9.17, 15) is 19.1 Å². The molecule has 1 fully saturated rings. The van der Waals surface area contributed by atoms with E-state index >= 15 is 0 Å². The van der Waals surface area contributed by atoms with Crippen LogP contribution in [-0.4, -0.2) is 41.0 Å². The Balaban J connectivity index is 1.56. The first-order valence-corrected chi connectivity index (χ1v) is 9.50. The Labute approximate surface area is 165 Å². The van der Waals surface area contributed by atoms with Gasteiger partial charge >= 0.3 is 0 Å². The minimum absolute atomic E-state index is 0.132. The first kappa shape index (κ1) is 19.5. The number of aliphatic hydroxyl groups excluding tert-OH is 1. The number of rotatable bonds is 5. The molecule has 7 heteroatoms. The quantitative estimate of drug-likeness (QED) is 0.759. The average Bonchev–Trinajstić information content (AvgIpc) is 3.04. The smallest absolute Gasteiger partial charge is 0.251 e. The van der Waals surface area contributed by atoms with Crippen LogP contribution in [0.25, 0.3) is 0 Å². The summed E-state index contributed by atoms with van der Waals surface area (Å²) in [5, 5.41) is 12.7. The van der Waals surface area contributed by atoms with Gasteiger partial charge in [-0.1, -0.05) is 28.1 Å². The highest BCUT2D eigenvalue weighted by Crippen LogP contribution is 2.32. The van der Waals surface area contributed by atoms with Gasteiger partial charge in [0.2, 0.25) is 5.91 Å². The normalized spacial score (nSPS) is 19.1. The van der Waals surface area contributed by atoms with E-state index in [1.54, 1.807) is 41.3 Å². The van der Waals surface area contributed by atoms with Crippen LogP contribution in [0.15, 0.2) is 53.0 Å². The van der Waals surface area contributed by atoms with Crippen LogP contribution in [-0.2, 0) is 4.79 Å². The van der Waals surface area contributed by atoms with Crippen molar-refractivity contribution < 1.29 is 19.1 Å². The molecule has 2 atom stereocenters. The lowest BCUT2D eigenvalue weighted by molar-refractivity contribution is -0.132. The highest BCUT2D eigenvalue weighted by Gasteiger charge is 2.34. The van der Waals surface area contributed by atoms with E-state index in [-0.39, 0.29) is 43.2 Å². The second kappa shape index (κ2) is 8.63. The second-order valence-corrected chi connectivity index (χ2v) is 7.43. The Bertz CT molecular complexity index is 811. The second-order valence-electron chi connectivity index (χ2n) is 6.52. The maximum atomic E-state index is 13.1. The minimum atomic E-state index is -0.610. The van der Waals surface area contributed by atoms with Crippen LogP contribution in [0.4, 0.5) is 4.39 Å². The zero-order chi connectivity index (χ0) is 19.4. The molecule has 142 valence electrons. The fourth-order valence-electron chi connectivity index (χ4n) is 3.22. The molecule has 1 heterocycles. The number of β-amino-alcohol motifs (C(OH)–C–C–N with tert-alkyl or cyclic N) is 1. The third-order valence-electron chi connectivity index (χ3n) is 4.58. The lowest BCUT2D eigenvalue weighted by Gasteiger charge is -2.25. The molecule has 5 nitrogen and oxygen atoms in total. The standard InChI is InChI=1S/C20H20BrFN2O3/c21-15-5-1-14(2-6-15)20(27)23-10-9-19(26)24-12-17(25)11-18(24)13-3-7-16(22)8-4-13/h1-8,17-18,25H,9-12H2,(H,23,27)/t17-,18+/m1/s1. The van der Waals surface area contributed by atoms with Gasteiger partial charge in [0.1, 0.15) is 5.82 Å².